The molecule has 0 atom stereocenters. The van der Waals surface area contributed by atoms with Gasteiger partial charge in [-0.3, -0.25) is 0 Å². The van der Waals surface area contributed by atoms with Gasteiger partial charge < -0.3 is 9.94 Å². The van der Waals surface area contributed by atoms with E-state index in [1.54, 1.807) is 25.2 Å². The van der Waals surface area contributed by atoms with E-state index in [9.17, 15) is 0 Å². The molecule has 1 N–H and O–H groups in total. The Morgan fingerprint density at radius 1 is 1.54 bits per heavy atom. The van der Waals surface area contributed by atoms with Gasteiger partial charge in [0.25, 0.3) is 0 Å². The van der Waals surface area contributed by atoms with E-state index in [0.717, 1.165) is 5.57 Å². The van der Waals surface area contributed by atoms with E-state index in [-0.39, 0.29) is 0 Å². The Kier molecular flexibility index (Phi) is 2.69. The summed E-state index contributed by atoms with van der Waals surface area (Å²) in [6.45, 7) is 9.10. The van der Waals surface area contributed by atoms with Crippen LogP contribution in [0.1, 0.15) is 6.92 Å². The first-order valence-electron chi connectivity index (χ1n) is 3.78. The van der Waals surface area contributed by atoms with Crippen molar-refractivity contribution in [3.8, 4) is 0 Å². The van der Waals surface area contributed by atoms with Crippen LogP contribution < -0.4 is 0 Å². The maximum Gasteiger partial charge on any atom is 0.135 e. The minimum atomic E-state index is 0.434. The van der Waals surface area contributed by atoms with Gasteiger partial charge in [0, 0.05) is 11.6 Å². The molecule has 0 fully saturated rings. The molecule has 3 heteroatoms. The summed E-state index contributed by atoms with van der Waals surface area (Å²) in [6.07, 6.45) is 4.96. The van der Waals surface area contributed by atoms with Gasteiger partial charge in [-0.1, -0.05) is 18.3 Å². The van der Waals surface area contributed by atoms with E-state index >= 15 is 0 Å². The van der Waals surface area contributed by atoms with E-state index in [4.69, 9.17) is 9.94 Å². The lowest BCUT2D eigenvalue weighted by Crippen LogP contribution is -2.01. The fourth-order valence-corrected chi connectivity index (χ4v) is 0.888. The van der Waals surface area contributed by atoms with E-state index in [2.05, 4.69) is 18.3 Å². The Labute approximate surface area is 77.0 Å². The molecule has 0 aromatic carbocycles. The number of ether oxygens (including phenoxy) is 1. The zero-order valence-electron chi connectivity index (χ0n) is 7.45. The Hall–Kier alpha value is -1.77. The van der Waals surface area contributed by atoms with Crippen molar-refractivity contribution in [2.45, 2.75) is 6.92 Å². The molecule has 3 nitrogen and oxygen atoms in total. The standard InChI is InChI=1S/C10H11NO2/c1-7(2)13-10-6-9(11-12)5-4-8(10)3/h4-6,12H,1,3H2,2H3. The maximum absolute atomic E-state index is 8.51. The summed E-state index contributed by atoms with van der Waals surface area (Å²) >= 11 is 0. The normalized spacial score (nSPS) is 18.7. The Balaban J connectivity index is 2.88. The Morgan fingerprint density at radius 3 is 2.77 bits per heavy atom. The van der Waals surface area contributed by atoms with Gasteiger partial charge >= 0.3 is 0 Å². The molecule has 0 heterocycles. The van der Waals surface area contributed by atoms with Crippen LogP contribution in [0.25, 0.3) is 0 Å². The van der Waals surface area contributed by atoms with Gasteiger partial charge in [-0.2, -0.15) is 0 Å². The molecule has 0 bridgehead atoms. The van der Waals surface area contributed by atoms with E-state index < -0.39 is 0 Å². The highest BCUT2D eigenvalue weighted by Crippen LogP contribution is 2.18. The molecule has 0 aromatic rings. The molecule has 1 rings (SSSR count). The lowest BCUT2D eigenvalue weighted by molar-refractivity contribution is 0.314. The third-order valence-electron chi connectivity index (χ3n) is 1.45. The zero-order valence-corrected chi connectivity index (χ0v) is 7.45. The second-order valence-corrected chi connectivity index (χ2v) is 2.70. The molecule has 0 spiro atoms. The number of oxime groups is 1. The van der Waals surface area contributed by atoms with Crippen molar-refractivity contribution in [1.29, 1.82) is 0 Å². The van der Waals surface area contributed by atoms with Crippen molar-refractivity contribution < 1.29 is 9.94 Å². The Morgan fingerprint density at radius 2 is 2.23 bits per heavy atom. The van der Waals surface area contributed by atoms with Gasteiger partial charge in [0.1, 0.15) is 11.5 Å². The van der Waals surface area contributed by atoms with Gasteiger partial charge in [0.05, 0.1) is 5.76 Å². The molecule has 1 aliphatic carbocycles. The van der Waals surface area contributed by atoms with Crippen molar-refractivity contribution in [1.82, 2.24) is 0 Å². The SMILES string of the molecule is C=C(C)OC1=CC(=NO)C=CC1=C. The van der Waals surface area contributed by atoms with E-state index in [0.29, 0.717) is 17.2 Å². The highest BCUT2D eigenvalue weighted by Gasteiger charge is 2.08. The Bertz CT molecular complexity index is 335. The molecule has 0 unspecified atom stereocenters. The average molecular weight is 177 g/mol. The molecule has 0 saturated carbocycles. The molecule has 13 heavy (non-hydrogen) atoms. The fraction of sp³-hybridized carbons (Fsp3) is 0.100. The number of hydrogen-bond donors (Lipinski definition) is 1. The number of allylic oxidation sites excluding steroid dienone is 4. The van der Waals surface area contributed by atoms with Crippen molar-refractivity contribution in [3.05, 3.63) is 48.5 Å². The number of hydrogen-bond acceptors (Lipinski definition) is 3. The number of rotatable bonds is 2. The first-order valence-corrected chi connectivity index (χ1v) is 3.78. The number of nitrogens with zero attached hydrogens (tertiary/aromatic N) is 1. The minimum Gasteiger partial charge on any atom is -0.462 e. The summed E-state index contributed by atoms with van der Waals surface area (Å²) in [4.78, 5) is 0. The molecule has 1 aliphatic rings. The van der Waals surface area contributed by atoms with Crippen LogP contribution in [0.15, 0.2) is 53.6 Å². The summed E-state index contributed by atoms with van der Waals surface area (Å²) in [5, 5.41) is 11.6. The molecular weight excluding hydrogens is 166 g/mol. The summed E-state index contributed by atoms with van der Waals surface area (Å²) in [5.74, 6) is 1.13. The first-order chi connectivity index (χ1) is 6.13. The summed E-state index contributed by atoms with van der Waals surface area (Å²) in [7, 11) is 0. The largest absolute Gasteiger partial charge is 0.462 e. The van der Waals surface area contributed by atoms with Gasteiger partial charge in [-0.25, -0.2) is 0 Å². The average Bonchev–Trinajstić information content (AvgIpc) is 2.08. The molecule has 68 valence electrons. The topological polar surface area (TPSA) is 41.8 Å². The van der Waals surface area contributed by atoms with E-state index in [1.807, 2.05) is 0 Å². The first kappa shape index (κ1) is 9.32. The third kappa shape index (κ3) is 2.33. The van der Waals surface area contributed by atoms with Crippen molar-refractivity contribution in [2.75, 3.05) is 0 Å². The quantitative estimate of drug-likeness (QED) is 0.399. The highest BCUT2D eigenvalue weighted by molar-refractivity contribution is 6.06. The monoisotopic (exact) mass is 177 g/mol. The second kappa shape index (κ2) is 3.76. The van der Waals surface area contributed by atoms with Gasteiger partial charge in [-0.15, -0.1) is 0 Å². The summed E-state index contributed by atoms with van der Waals surface area (Å²) < 4.78 is 5.26. The van der Waals surface area contributed by atoms with E-state index in [1.165, 1.54) is 0 Å². The van der Waals surface area contributed by atoms with Gasteiger partial charge in [0.2, 0.25) is 0 Å². The summed E-state index contributed by atoms with van der Waals surface area (Å²) in [5.41, 5.74) is 1.17. The predicted octanol–water partition coefficient (Wildman–Crippen LogP) is 2.38. The van der Waals surface area contributed by atoms with Crippen LogP contribution in [0.2, 0.25) is 0 Å². The molecule has 0 aliphatic heterocycles. The summed E-state index contributed by atoms with van der Waals surface area (Å²) in [6, 6.07) is 0. The molecule has 0 saturated heterocycles. The van der Waals surface area contributed by atoms with Crippen LogP contribution in [0.3, 0.4) is 0 Å². The van der Waals surface area contributed by atoms with Crippen LogP contribution in [0, 0.1) is 0 Å². The van der Waals surface area contributed by atoms with Gasteiger partial charge in [0.15, 0.2) is 0 Å². The van der Waals surface area contributed by atoms with Crippen molar-refractivity contribution in [3.63, 3.8) is 0 Å². The third-order valence-corrected chi connectivity index (χ3v) is 1.45. The molecule has 0 aromatic heterocycles. The smallest absolute Gasteiger partial charge is 0.135 e. The molecular formula is C10H11NO2. The van der Waals surface area contributed by atoms with Crippen LogP contribution in [-0.4, -0.2) is 10.9 Å². The lowest BCUT2D eigenvalue weighted by atomic mass is 10.1. The van der Waals surface area contributed by atoms with Crippen molar-refractivity contribution in [2.24, 2.45) is 5.16 Å². The predicted molar refractivity (Wildman–Crippen MR) is 51.5 cm³/mol. The maximum atomic E-state index is 8.51. The molecule has 0 radical (unpaired) electrons. The molecule has 0 amide bonds. The fourth-order valence-electron chi connectivity index (χ4n) is 0.888. The highest BCUT2D eigenvalue weighted by atomic mass is 16.5. The lowest BCUT2D eigenvalue weighted by Gasteiger charge is -2.12. The van der Waals surface area contributed by atoms with Gasteiger partial charge in [-0.05, 0) is 19.1 Å². The van der Waals surface area contributed by atoms with Crippen LogP contribution in [0.5, 0.6) is 0 Å². The zero-order chi connectivity index (χ0) is 9.84. The van der Waals surface area contributed by atoms with Crippen LogP contribution >= 0.6 is 0 Å². The minimum absolute atomic E-state index is 0.434. The second-order valence-electron chi connectivity index (χ2n) is 2.70. The van der Waals surface area contributed by atoms with Crippen LogP contribution in [-0.2, 0) is 4.74 Å². The van der Waals surface area contributed by atoms with Crippen molar-refractivity contribution >= 4 is 5.71 Å². The van der Waals surface area contributed by atoms with Crippen LogP contribution in [0.4, 0.5) is 0 Å².